The van der Waals surface area contributed by atoms with Gasteiger partial charge in [-0.1, -0.05) is 23.2 Å². The Morgan fingerprint density at radius 1 is 1.24 bits per heavy atom. The third kappa shape index (κ3) is 3.94. The van der Waals surface area contributed by atoms with E-state index < -0.39 is 0 Å². The van der Waals surface area contributed by atoms with Gasteiger partial charge in [0.25, 0.3) is 0 Å². The average molecular weight is 382 g/mol. The van der Waals surface area contributed by atoms with Crippen LogP contribution in [0.5, 0.6) is 11.6 Å². The number of benzene rings is 1. The van der Waals surface area contributed by atoms with Gasteiger partial charge in [-0.25, -0.2) is 4.98 Å². The number of aromatic hydroxyl groups is 1. The summed E-state index contributed by atoms with van der Waals surface area (Å²) in [6.07, 6.45) is 3.67. The second-order valence-corrected chi connectivity index (χ2v) is 7.05. The molecule has 0 bridgehead atoms. The number of nitrogens with two attached hydrogens (primary N) is 1. The van der Waals surface area contributed by atoms with Crippen molar-refractivity contribution in [2.75, 3.05) is 25.1 Å². The predicted octanol–water partition coefficient (Wildman–Crippen LogP) is 4.02. The predicted molar refractivity (Wildman–Crippen MR) is 101 cm³/mol. The number of hydrogen-bond acceptors (Lipinski definition) is 5. The summed E-state index contributed by atoms with van der Waals surface area (Å²) in [5, 5.41) is 10.9. The Kier molecular flexibility index (Phi) is 5.57. The fourth-order valence-corrected chi connectivity index (χ4v) is 3.60. The molecule has 0 aliphatic carbocycles. The first-order valence-electron chi connectivity index (χ1n) is 8.18. The van der Waals surface area contributed by atoms with Crippen molar-refractivity contribution in [2.24, 2.45) is 11.7 Å². The van der Waals surface area contributed by atoms with E-state index >= 15 is 0 Å². The van der Waals surface area contributed by atoms with Gasteiger partial charge in [-0.2, -0.15) is 0 Å². The highest BCUT2D eigenvalue weighted by Crippen LogP contribution is 2.38. The molecular formula is C18H21Cl2N3O2. The molecule has 0 amide bonds. The normalized spacial score (nSPS) is 16.7. The highest BCUT2D eigenvalue weighted by atomic mass is 35.5. The fourth-order valence-electron chi connectivity index (χ4n) is 3.27. The van der Waals surface area contributed by atoms with Crippen LogP contribution in [0.15, 0.2) is 30.5 Å². The molecule has 2 heterocycles. The molecule has 1 aromatic carbocycles. The van der Waals surface area contributed by atoms with E-state index in [0.717, 1.165) is 31.6 Å². The molecular weight excluding hydrogens is 361 g/mol. The number of rotatable bonds is 4. The van der Waals surface area contributed by atoms with E-state index in [1.165, 1.54) is 6.07 Å². The molecule has 3 rings (SSSR count). The largest absolute Gasteiger partial charge is 0.508 e. The number of piperidine rings is 1. The number of anilines is 1. The van der Waals surface area contributed by atoms with Crippen LogP contribution < -0.4 is 15.4 Å². The van der Waals surface area contributed by atoms with E-state index in [1.54, 1.807) is 13.2 Å². The van der Waals surface area contributed by atoms with Gasteiger partial charge in [0.2, 0.25) is 5.88 Å². The van der Waals surface area contributed by atoms with Crippen molar-refractivity contribution in [2.45, 2.75) is 18.9 Å². The van der Waals surface area contributed by atoms with Crippen molar-refractivity contribution in [1.29, 1.82) is 0 Å². The molecule has 5 nitrogen and oxygen atoms in total. The number of pyridine rings is 1. The Morgan fingerprint density at radius 2 is 1.92 bits per heavy atom. The summed E-state index contributed by atoms with van der Waals surface area (Å²) in [5.74, 6) is 0.977. The van der Waals surface area contributed by atoms with Crippen LogP contribution in [0.25, 0.3) is 0 Å². The van der Waals surface area contributed by atoms with Gasteiger partial charge in [0.05, 0.1) is 29.0 Å². The van der Waals surface area contributed by atoms with Crippen molar-refractivity contribution in [3.05, 3.63) is 46.1 Å². The lowest BCUT2D eigenvalue weighted by Gasteiger charge is -2.36. The number of aromatic nitrogens is 1. The number of phenols is 1. The molecule has 1 atom stereocenters. The monoisotopic (exact) mass is 381 g/mol. The van der Waals surface area contributed by atoms with Gasteiger partial charge in [-0.3, -0.25) is 0 Å². The number of methoxy groups -OCH3 is 1. The minimum absolute atomic E-state index is 0.101. The third-order valence-corrected chi connectivity index (χ3v) is 5.49. The smallest absolute Gasteiger partial charge is 0.213 e. The van der Waals surface area contributed by atoms with Gasteiger partial charge in [0, 0.05) is 36.8 Å². The molecule has 1 aromatic heterocycles. The highest BCUT2D eigenvalue weighted by molar-refractivity contribution is 6.42. The minimum Gasteiger partial charge on any atom is -0.508 e. The zero-order valence-corrected chi connectivity index (χ0v) is 15.5. The maximum absolute atomic E-state index is 10.1. The highest BCUT2D eigenvalue weighted by Gasteiger charge is 2.27. The molecule has 1 saturated heterocycles. The molecule has 0 saturated carbocycles. The van der Waals surface area contributed by atoms with Gasteiger partial charge in [-0.15, -0.1) is 0 Å². The third-order valence-electron chi connectivity index (χ3n) is 4.77. The van der Waals surface area contributed by atoms with E-state index in [2.05, 4.69) is 9.88 Å². The Labute approximate surface area is 157 Å². The summed E-state index contributed by atoms with van der Waals surface area (Å²) in [6, 6.07) is 6.73. The first-order valence-corrected chi connectivity index (χ1v) is 8.93. The first-order chi connectivity index (χ1) is 12.0. The molecule has 7 heteroatoms. The van der Waals surface area contributed by atoms with Gasteiger partial charge in [0.1, 0.15) is 5.75 Å². The maximum Gasteiger partial charge on any atom is 0.213 e. The quantitative estimate of drug-likeness (QED) is 0.836. The lowest BCUT2D eigenvalue weighted by molar-refractivity contribution is 0.336. The number of halogens is 2. The fraction of sp³-hybridized carbons (Fsp3) is 0.389. The van der Waals surface area contributed by atoms with E-state index in [1.807, 2.05) is 18.3 Å². The van der Waals surface area contributed by atoms with E-state index in [-0.39, 0.29) is 17.7 Å². The molecule has 0 spiro atoms. The van der Waals surface area contributed by atoms with E-state index in [4.69, 9.17) is 33.7 Å². The lowest BCUT2D eigenvalue weighted by atomic mass is 9.85. The summed E-state index contributed by atoms with van der Waals surface area (Å²) < 4.78 is 5.09. The summed E-state index contributed by atoms with van der Waals surface area (Å²) in [7, 11) is 1.60. The molecule has 1 fully saturated rings. The average Bonchev–Trinajstić information content (AvgIpc) is 2.64. The van der Waals surface area contributed by atoms with Crippen LogP contribution in [0, 0.1) is 5.92 Å². The minimum atomic E-state index is -0.272. The van der Waals surface area contributed by atoms with Crippen molar-refractivity contribution >= 4 is 28.9 Å². The van der Waals surface area contributed by atoms with Crippen LogP contribution >= 0.6 is 23.2 Å². The topological polar surface area (TPSA) is 71.6 Å². The molecule has 2 aromatic rings. The van der Waals surface area contributed by atoms with E-state index in [0.29, 0.717) is 21.5 Å². The Morgan fingerprint density at radius 3 is 2.52 bits per heavy atom. The molecule has 1 unspecified atom stereocenters. The van der Waals surface area contributed by atoms with Crippen molar-refractivity contribution in [1.82, 2.24) is 4.98 Å². The zero-order valence-electron chi connectivity index (χ0n) is 14.0. The Balaban J connectivity index is 1.66. The van der Waals surface area contributed by atoms with Crippen LogP contribution in [0.3, 0.4) is 0 Å². The summed E-state index contributed by atoms with van der Waals surface area (Å²) in [6.45, 7) is 1.77. The SMILES string of the molecule is COc1ccc(N2CCC(C(N)c3cc(Cl)c(Cl)cc3O)CC2)cn1. The number of ether oxygens (including phenoxy) is 1. The number of nitrogens with zero attached hydrogens (tertiary/aromatic N) is 2. The molecule has 0 radical (unpaired) electrons. The van der Waals surface area contributed by atoms with Crippen LogP contribution in [-0.4, -0.2) is 30.3 Å². The van der Waals surface area contributed by atoms with Crippen LogP contribution in [0.1, 0.15) is 24.4 Å². The van der Waals surface area contributed by atoms with Crippen LogP contribution in [0.2, 0.25) is 10.0 Å². The van der Waals surface area contributed by atoms with Crippen molar-refractivity contribution in [3.8, 4) is 11.6 Å². The van der Waals surface area contributed by atoms with Gasteiger partial charge in [0.15, 0.2) is 0 Å². The number of phenolic OH excluding ortho intramolecular Hbond substituents is 1. The Hall–Kier alpha value is -1.69. The van der Waals surface area contributed by atoms with Crippen molar-refractivity contribution in [3.63, 3.8) is 0 Å². The van der Waals surface area contributed by atoms with Crippen LogP contribution in [0.4, 0.5) is 5.69 Å². The second-order valence-electron chi connectivity index (χ2n) is 6.23. The number of hydrogen-bond donors (Lipinski definition) is 2. The molecule has 134 valence electrons. The van der Waals surface area contributed by atoms with Gasteiger partial charge >= 0.3 is 0 Å². The van der Waals surface area contributed by atoms with Gasteiger partial charge < -0.3 is 20.5 Å². The summed E-state index contributed by atoms with van der Waals surface area (Å²) in [5.41, 5.74) is 8.13. The van der Waals surface area contributed by atoms with E-state index in [9.17, 15) is 5.11 Å². The van der Waals surface area contributed by atoms with Crippen molar-refractivity contribution < 1.29 is 9.84 Å². The van der Waals surface area contributed by atoms with Crippen LogP contribution in [-0.2, 0) is 0 Å². The maximum atomic E-state index is 10.1. The molecule has 1 aliphatic heterocycles. The van der Waals surface area contributed by atoms with Gasteiger partial charge in [-0.05, 0) is 30.9 Å². The summed E-state index contributed by atoms with van der Waals surface area (Å²) in [4.78, 5) is 6.54. The lowest BCUT2D eigenvalue weighted by Crippen LogP contribution is -2.37. The molecule has 1 aliphatic rings. The standard InChI is InChI=1S/C18H21Cl2N3O2/c1-25-17-3-2-12(10-22-17)23-6-4-11(5-7-23)18(21)13-8-14(19)15(20)9-16(13)24/h2-3,8-11,18,24H,4-7,21H2,1H3. The molecule has 25 heavy (non-hydrogen) atoms. The first kappa shape index (κ1) is 18.1. The Bertz CT molecular complexity index is 732. The zero-order chi connectivity index (χ0) is 18.0. The summed E-state index contributed by atoms with van der Waals surface area (Å²) >= 11 is 12.0. The second kappa shape index (κ2) is 7.68. The molecule has 3 N–H and O–H groups in total.